The molecule has 1 N–H and O–H groups in total. The van der Waals surface area contributed by atoms with Gasteiger partial charge in [0.1, 0.15) is 5.75 Å². The molecule has 1 aromatic carbocycles. The molecule has 0 unspecified atom stereocenters. The van der Waals surface area contributed by atoms with Crippen LogP contribution in [0.3, 0.4) is 0 Å². The number of rotatable bonds is 3. The number of methoxy groups -OCH3 is 1. The number of hydrogen-bond donors (Lipinski definition) is 1. The van der Waals surface area contributed by atoms with Crippen LogP contribution >= 0.6 is 0 Å². The van der Waals surface area contributed by atoms with Crippen molar-refractivity contribution in [3.05, 3.63) is 30.5 Å². The van der Waals surface area contributed by atoms with Crippen molar-refractivity contribution in [1.82, 2.24) is 4.98 Å². The fourth-order valence-electron chi connectivity index (χ4n) is 1.70. The van der Waals surface area contributed by atoms with Crippen molar-refractivity contribution in [1.29, 1.82) is 0 Å². The lowest BCUT2D eigenvalue weighted by Gasteiger charge is -2.13. The summed E-state index contributed by atoms with van der Waals surface area (Å²) in [6.45, 7) is 4.21. The predicted octanol–water partition coefficient (Wildman–Crippen LogP) is 3.06. The van der Waals surface area contributed by atoms with Crippen LogP contribution < -0.4 is 10.1 Å². The van der Waals surface area contributed by atoms with Crippen molar-refractivity contribution in [2.75, 3.05) is 12.4 Å². The van der Waals surface area contributed by atoms with E-state index in [1.807, 2.05) is 24.3 Å². The Morgan fingerprint density at radius 3 is 2.81 bits per heavy atom. The van der Waals surface area contributed by atoms with Gasteiger partial charge in [0.15, 0.2) is 0 Å². The van der Waals surface area contributed by atoms with Crippen LogP contribution in [0.25, 0.3) is 10.9 Å². The SMILES string of the molecule is COc1cc(NC(C)C)c2ncccc2c1. The molecule has 0 saturated carbocycles. The van der Waals surface area contributed by atoms with Crippen molar-refractivity contribution in [2.24, 2.45) is 0 Å². The van der Waals surface area contributed by atoms with Crippen LogP contribution in [0, 0.1) is 0 Å². The van der Waals surface area contributed by atoms with E-state index in [4.69, 9.17) is 4.74 Å². The molecular formula is C13H16N2O. The minimum Gasteiger partial charge on any atom is -0.497 e. The number of hydrogen-bond acceptors (Lipinski definition) is 3. The summed E-state index contributed by atoms with van der Waals surface area (Å²) in [7, 11) is 1.68. The largest absolute Gasteiger partial charge is 0.497 e. The molecule has 16 heavy (non-hydrogen) atoms. The van der Waals surface area contributed by atoms with E-state index in [-0.39, 0.29) is 0 Å². The maximum atomic E-state index is 5.28. The highest BCUT2D eigenvalue weighted by molar-refractivity contribution is 5.91. The summed E-state index contributed by atoms with van der Waals surface area (Å²) in [5.74, 6) is 0.851. The second-order valence-electron chi connectivity index (χ2n) is 4.05. The molecule has 0 atom stereocenters. The van der Waals surface area contributed by atoms with Gasteiger partial charge in [-0.1, -0.05) is 6.07 Å². The molecule has 2 aromatic rings. The van der Waals surface area contributed by atoms with Gasteiger partial charge in [0, 0.05) is 23.7 Å². The topological polar surface area (TPSA) is 34.1 Å². The monoisotopic (exact) mass is 216 g/mol. The Kier molecular flexibility index (Phi) is 2.95. The van der Waals surface area contributed by atoms with Crippen LogP contribution in [-0.2, 0) is 0 Å². The molecule has 1 aromatic heterocycles. The quantitative estimate of drug-likeness (QED) is 0.856. The average Bonchev–Trinajstić information content (AvgIpc) is 2.28. The maximum absolute atomic E-state index is 5.28. The molecule has 0 fully saturated rings. The zero-order chi connectivity index (χ0) is 11.5. The third-order valence-corrected chi connectivity index (χ3v) is 2.36. The summed E-state index contributed by atoms with van der Waals surface area (Å²) >= 11 is 0. The summed E-state index contributed by atoms with van der Waals surface area (Å²) < 4.78 is 5.28. The van der Waals surface area contributed by atoms with Gasteiger partial charge in [-0.2, -0.15) is 0 Å². The Labute approximate surface area is 95.5 Å². The normalized spacial score (nSPS) is 10.8. The fourth-order valence-corrected chi connectivity index (χ4v) is 1.70. The van der Waals surface area contributed by atoms with E-state index in [1.54, 1.807) is 13.3 Å². The van der Waals surface area contributed by atoms with Crippen molar-refractivity contribution < 1.29 is 4.74 Å². The first-order chi connectivity index (χ1) is 7.70. The van der Waals surface area contributed by atoms with Crippen LogP contribution in [0.2, 0.25) is 0 Å². The van der Waals surface area contributed by atoms with Gasteiger partial charge in [0.25, 0.3) is 0 Å². The molecule has 0 radical (unpaired) electrons. The zero-order valence-electron chi connectivity index (χ0n) is 9.82. The molecule has 0 amide bonds. The summed E-state index contributed by atoms with van der Waals surface area (Å²) in [4.78, 5) is 4.39. The van der Waals surface area contributed by atoms with Crippen molar-refractivity contribution in [2.45, 2.75) is 19.9 Å². The third-order valence-electron chi connectivity index (χ3n) is 2.36. The van der Waals surface area contributed by atoms with Crippen LogP contribution in [-0.4, -0.2) is 18.1 Å². The molecule has 0 aliphatic heterocycles. The molecular weight excluding hydrogens is 200 g/mol. The van der Waals surface area contributed by atoms with Gasteiger partial charge in [0.2, 0.25) is 0 Å². The van der Waals surface area contributed by atoms with E-state index >= 15 is 0 Å². The van der Waals surface area contributed by atoms with Gasteiger partial charge in [-0.3, -0.25) is 4.98 Å². The van der Waals surface area contributed by atoms with Gasteiger partial charge in [-0.15, -0.1) is 0 Å². The number of ether oxygens (including phenoxy) is 1. The first kappa shape index (κ1) is 10.7. The van der Waals surface area contributed by atoms with Gasteiger partial charge in [-0.25, -0.2) is 0 Å². The molecule has 1 heterocycles. The fraction of sp³-hybridized carbons (Fsp3) is 0.308. The van der Waals surface area contributed by atoms with Crippen LogP contribution in [0.15, 0.2) is 30.5 Å². The zero-order valence-corrected chi connectivity index (χ0v) is 9.82. The van der Waals surface area contributed by atoms with E-state index in [9.17, 15) is 0 Å². The summed E-state index contributed by atoms with van der Waals surface area (Å²) in [5, 5.41) is 4.47. The Hall–Kier alpha value is -1.77. The molecule has 2 rings (SSSR count). The van der Waals surface area contributed by atoms with E-state index in [1.165, 1.54) is 0 Å². The molecule has 0 spiro atoms. The number of aromatic nitrogens is 1. The lowest BCUT2D eigenvalue weighted by Crippen LogP contribution is -2.10. The van der Waals surface area contributed by atoms with Gasteiger partial charge >= 0.3 is 0 Å². The number of pyridine rings is 1. The van der Waals surface area contributed by atoms with Gasteiger partial charge in [0.05, 0.1) is 18.3 Å². The lowest BCUT2D eigenvalue weighted by atomic mass is 10.1. The Balaban J connectivity index is 2.59. The van der Waals surface area contributed by atoms with E-state index < -0.39 is 0 Å². The number of nitrogens with one attached hydrogen (secondary N) is 1. The molecule has 0 saturated heterocycles. The second-order valence-corrected chi connectivity index (χ2v) is 4.05. The molecule has 0 bridgehead atoms. The average molecular weight is 216 g/mol. The van der Waals surface area contributed by atoms with Gasteiger partial charge < -0.3 is 10.1 Å². The maximum Gasteiger partial charge on any atom is 0.121 e. The first-order valence-electron chi connectivity index (χ1n) is 5.40. The smallest absolute Gasteiger partial charge is 0.121 e. The highest BCUT2D eigenvalue weighted by atomic mass is 16.5. The van der Waals surface area contributed by atoms with Crippen LogP contribution in [0.5, 0.6) is 5.75 Å². The van der Waals surface area contributed by atoms with Crippen LogP contribution in [0.1, 0.15) is 13.8 Å². The number of fused-ring (bicyclic) bond motifs is 1. The van der Waals surface area contributed by atoms with E-state index in [0.29, 0.717) is 6.04 Å². The first-order valence-corrected chi connectivity index (χ1v) is 5.40. The summed E-state index contributed by atoms with van der Waals surface area (Å²) in [6, 6.07) is 8.32. The highest BCUT2D eigenvalue weighted by Crippen LogP contribution is 2.27. The predicted molar refractivity (Wildman–Crippen MR) is 67.1 cm³/mol. The summed E-state index contributed by atoms with van der Waals surface area (Å²) in [5.41, 5.74) is 2.00. The second kappa shape index (κ2) is 4.39. The Morgan fingerprint density at radius 2 is 2.12 bits per heavy atom. The molecule has 3 nitrogen and oxygen atoms in total. The molecule has 3 heteroatoms. The number of anilines is 1. The Bertz CT molecular complexity index is 494. The minimum absolute atomic E-state index is 0.373. The Morgan fingerprint density at radius 1 is 1.31 bits per heavy atom. The molecule has 0 aliphatic carbocycles. The van der Waals surface area contributed by atoms with Gasteiger partial charge in [-0.05, 0) is 26.0 Å². The summed E-state index contributed by atoms with van der Waals surface area (Å²) in [6.07, 6.45) is 1.81. The van der Waals surface area contributed by atoms with Crippen molar-refractivity contribution in [3.63, 3.8) is 0 Å². The molecule has 0 aliphatic rings. The highest BCUT2D eigenvalue weighted by Gasteiger charge is 2.06. The van der Waals surface area contributed by atoms with Crippen molar-refractivity contribution >= 4 is 16.6 Å². The number of nitrogens with zero attached hydrogens (tertiary/aromatic N) is 1. The standard InChI is InChI=1S/C13H16N2O/c1-9(2)15-12-8-11(16-3)7-10-5-4-6-14-13(10)12/h4-9,15H,1-3H3. The van der Waals surface area contributed by atoms with Crippen LogP contribution in [0.4, 0.5) is 5.69 Å². The van der Waals surface area contributed by atoms with Crippen molar-refractivity contribution in [3.8, 4) is 5.75 Å². The third kappa shape index (κ3) is 2.08. The number of benzene rings is 1. The van der Waals surface area contributed by atoms with E-state index in [0.717, 1.165) is 22.3 Å². The van der Waals surface area contributed by atoms with E-state index in [2.05, 4.69) is 24.1 Å². The minimum atomic E-state index is 0.373. The molecule has 84 valence electrons. The lowest BCUT2D eigenvalue weighted by molar-refractivity contribution is 0.415.